The molecule has 90 valence electrons. The number of halogens is 1. The van der Waals surface area contributed by atoms with E-state index in [1.165, 1.54) is 16.2 Å². The Morgan fingerprint density at radius 2 is 1.94 bits per heavy atom. The lowest BCUT2D eigenvalue weighted by Crippen LogP contribution is -2.09. The fourth-order valence-corrected chi connectivity index (χ4v) is 4.52. The normalized spacial score (nSPS) is 11.6. The lowest BCUT2D eigenvalue weighted by atomic mass is 10.4. The minimum atomic E-state index is -3.55. The maximum absolute atomic E-state index is 11.1. The molecule has 0 saturated carbocycles. The Kier molecular flexibility index (Phi) is 4.33. The van der Waals surface area contributed by atoms with Crippen LogP contribution in [0.4, 0.5) is 0 Å². The highest BCUT2D eigenvalue weighted by atomic mass is 35.5. The summed E-state index contributed by atoms with van der Waals surface area (Å²) in [5, 5.41) is 8.10. The molecule has 16 heavy (non-hydrogen) atoms. The van der Waals surface area contributed by atoms with Crippen LogP contribution in [0.15, 0.2) is 16.3 Å². The van der Waals surface area contributed by atoms with Crippen LogP contribution >= 0.6 is 35.1 Å². The molecule has 0 amide bonds. The summed E-state index contributed by atoms with van der Waals surface area (Å²) in [6.07, 6.45) is 0. The summed E-state index contributed by atoms with van der Waals surface area (Å²) in [6, 6.07) is 3.63. The van der Waals surface area contributed by atoms with Gasteiger partial charge in [0.25, 0.3) is 0 Å². The molecule has 2 rings (SSSR count). The van der Waals surface area contributed by atoms with Crippen LogP contribution in [0.1, 0.15) is 4.88 Å². The van der Waals surface area contributed by atoms with Gasteiger partial charge in [-0.1, -0.05) is 0 Å². The third-order valence-electron chi connectivity index (χ3n) is 1.87. The summed E-state index contributed by atoms with van der Waals surface area (Å²) in [5.74, 6) is 0. The smallest absolute Gasteiger partial charge is 0.247 e. The van der Waals surface area contributed by atoms with Crippen molar-refractivity contribution < 1.29 is 8.42 Å². The van der Waals surface area contributed by atoms with Crippen LogP contribution in [-0.4, -0.2) is 15.5 Å². The molecule has 0 bridgehead atoms. The summed E-state index contributed by atoms with van der Waals surface area (Å²) in [7, 11) is -1.67. The second-order valence-electron chi connectivity index (χ2n) is 3.08. The quantitative estimate of drug-likeness (QED) is 0.907. The minimum Gasteiger partial charge on any atom is -0.315 e. The van der Waals surface area contributed by atoms with Gasteiger partial charge < -0.3 is 5.32 Å². The van der Waals surface area contributed by atoms with Gasteiger partial charge in [-0.3, -0.25) is 0 Å². The molecule has 4 nitrogen and oxygen atoms in total. The number of primary sulfonamides is 1. The molecule has 2 aromatic rings. The first-order valence-electron chi connectivity index (χ1n) is 4.20. The van der Waals surface area contributed by atoms with Crippen LogP contribution in [0.25, 0.3) is 9.40 Å². The summed E-state index contributed by atoms with van der Waals surface area (Å²) >= 11 is 2.81. The molecule has 0 aliphatic carbocycles. The molecule has 0 aromatic carbocycles. The van der Waals surface area contributed by atoms with Gasteiger partial charge in [-0.25, -0.2) is 13.6 Å². The summed E-state index contributed by atoms with van der Waals surface area (Å²) in [6.45, 7) is 0.802. The molecule has 0 aliphatic heterocycles. The van der Waals surface area contributed by atoms with Gasteiger partial charge in [0.1, 0.15) is 4.21 Å². The van der Waals surface area contributed by atoms with E-state index in [1.807, 2.05) is 13.1 Å². The third-order valence-corrected chi connectivity index (χ3v) is 5.58. The first-order chi connectivity index (χ1) is 7.00. The highest BCUT2D eigenvalue weighted by Gasteiger charge is 2.14. The zero-order chi connectivity index (χ0) is 11.1. The fourth-order valence-electron chi connectivity index (χ4n) is 1.27. The molecule has 2 aromatic heterocycles. The molecule has 0 saturated heterocycles. The Balaban J connectivity index is 0.00000128. The summed E-state index contributed by atoms with van der Waals surface area (Å²) in [5.41, 5.74) is 0. The van der Waals surface area contributed by atoms with E-state index in [2.05, 4.69) is 5.32 Å². The van der Waals surface area contributed by atoms with Gasteiger partial charge in [0, 0.05) is 20.8 Å². The Bertz CT molecular complexity index is 556. The van der Waals surface area contributed by atoms with Crippen LogP contribution in [0.5, 0.6) is 0 Å². The standard InChI is InChI=1S/C8H10N2O2S3.ClH/c1-10-4-5-2-6-7(13-5)3-8(14-6)15(9,11)12;/h2-3,10H,4H2,1H3,(H2,9,11,12);1H. The number of fused-ring (bicyclic) bond motifs is 1. The zero-order valence-corrected chi connectivity index (χ0v) is 11.7. The maximum Gasteiger partial charge on any atom is 0.247 e. The number of nitrogens with two attached hydrogens (primary N) is 1. The van der Waals surface area contributed by atoms with Crippen molar-refractivity contribution in [1.29, 1.82) is 0 Å². The third kappa shape index (κ3) is 2.73. The molecule has 2 heterocycles. The summed E-state index contributed by atoms with van der Waals surface area (Å²) < 4.78 is 24.4. The van der Waals surface area contributed by atoms with Gasteiger partial charge >= 0.3 is 0 Å². The van der Waals surface area contributed by atoms with Crippen molar-refractivity contribution in [2.45, 2.75) is 10.8 Å². The van der Waals surface area contributed by atoms with E-state index in [1.54, 1.807) is 17.4 Å². The van der Waals surface area contributed by atoms with Gasteiger partial charge in [0.05, 0.1) is 0 Å². The Morgan fingerprint density at radius 3 is 2.44 bits per heavy atom. The molecule has 0 unspecified atom stereocenters. The molecule has 3 N–H and O–H groups in total. The van der Waals surface area contributed by atoms with E-state index in [9.17, 15) is 8.42 Å². The van der Waals surface area contributed by atoms with Crippen LogP contribution in [0, 0.1) is 0 Å². The number of hydrogen-bond acceptors (Lipinski definition) is 5. The largest absolute Gasteiger partial charge is 0.315 e. The van der Waals surface area contributed by atoms with Crippen molar-refractivity contribution in [3.05, 3.63) is 17.0 Å². The highest BCUT2D eigenvalue weighted by Crippen LogP contribution is 2.34. The molecular formula is C8H11ClN2O2S3. The van der Waals surface area contributed by atoms with Crippen molar-refractivity contribution in [2.24, 2.45) is 5.14 Å². The molecule has 8 heteroatoms. The topological polar surface area (TPSA) is 72.2 Å². The van der Waals surface area contributed by atoms with E-state index < -0.39 is 10.0 Å². The lowest BCUT2D eigenvalue weighted by Gasteiger charge is -1.91. The number of hydrogen-bond donors (Lipinski definition) is 2. The predicted molar refractivity (Wildman–Crippen MR) is 71.1 cm³/mol. The average Bonchev–Trinajstić information content (AvgIpc) is 2.59. The van der Waals surface area contributed by atoms with Crippen molar-refractivity contribution >= 4 is 54.5 Å². The van der Waals surface area contributed by atoms with Crippen molar-refractivity contribution in [3.63, 3.8) is 0 Å². The van der Waals surface area contributed by atoms with E-state index >= 15 is 0 Å². The van der Waals surface area contributed by atoms with Gasteiger partial charge in [0.2, 0.25) is 10.0 Å². The first kappa shape index (κ1) is 13.9. The van der Waals surface area contributed by atoms with Gasteiger partial charge in [-0.15, -0.1) is 35.1 Å². The second kappa shape index (κ2) is 4.99. The van der Waals surface area contributed by atoms with Crippen LogP contribution in [0.2, 0.25) is 0 Å². The Hall–Kier alpha value is -0.180. The monoisotopic (exact) mass is 298 g/mol. The van der Waals surface area contributed by atoms with Crippen LogP contribution < -0.4 is 10.5 Å². The number of rotatable bonds is 3. The van der Waals surface area contributed by atoms with Crippen LogP contribution in [-0.2, 0) is 16.6 Å². The number of nitrogens with one attached hydrogen (secondary N) is 1. The molecular weight excluding hydrogens is 288 g/mol. The molecule has 0 fully saturated rings. The maximum atomic E-state index is 11.1. The van der Waals surface area contributed by atoms with Gasteiger partial charge in [-0.05, 0) is 19.2 Å². The number of sulfonamides is 1. The van der Waals surface area contributed by atoms with Crippen molar-refractivity contribution in [3.8, 4) is 0 Å². The molecule has 0 radical (unpaired) electrons. The van der Waals surface area contributed by atoms with E-state index in [0.29, 0.717) is 0 Å². The van der Waals surface area contributed by atoms with E-state index in [-0.39, 0.29) is 16.6 Å². The molecule has 0 spiro atoms. The van der Waals surface area contributed by atoms with Gasteiger partial charge in [-0.2, -0.15) is 0 Å². The first-order valence-corrected chi connectivity index (χ1v) is 7.38. The van der Waals surface area contributed by atoms with E-state index in [0.717, 1.165) is 15.9 Å². The Labute approximate surface area is 108 Å². The average molecular weight is 299 g/mol. The fraction of sp³-hybridized carbons (Fsp3) is 0.250. The predicted octanol–water partition coefficient (Wildman–Crippen LogP) is 1.75. The minimum absolute atomic E-state index is 0. The zero-order valence-electron chi connectivity index (χ0n) is 8.39. The summed E-state index contributed by atoms with van der Waals surface area (Å²) in [4.78, 5) is 1.19. The van der Waals surface area contributed by atoms with Gasteiger partial charge in [0.15, 0.2) is 0 Å². The lowest BCUT2D eigenvalue weighted by molar-refractivity contribution is 0.600. The van der Waals surface area contributed by atoms with Crippen LogP contribution in [0.3, 0.4) is 0 Å². The molecule has 0 aliphatic rings. The van der Waals surface area contributed by atoms with E-state index in [4.69, 9.17) is 5.14 Å². The second-order valence-corrected chi connectivity index (χ2v) is 7.12. The van der Waals surface area contributed by atoms with Crippen molar-refractivity contribution in [1.82, 2.24) is 5.32 Å². The number of thiophene rings is 2. The SMILES string of the molecule is CNCc1cc2sc(S(N)(=O)=O)cc2s1.Cl. The molecule has 0 atom stereocenters. The highest BCUT2D eigenvalue weighted by molar-refractivity contribution is 7.91. The Morgan fingerprint density at radius 1 is 1.31 bits per heavy atom. The van der Waals surface area contributed by atoms with Crippen molar-refractivity contribution in [2.75, 3.05) is 7.05 Å².